The molecule has 2 N–H and O–H groups in total. The molecule has 8 heteroatoms. The molecule has 0 aliphatic carbocycles. The van der Waals surface area contributed by atoms with Crippen LogP contribution < -0.4 is 20.1 Å². The van der Waals surface area contributed by atoms with Crippen LogP contribution in [0.25, 0.3) is 10.8 Å². The number of anilines is 2. The van der Waals surface area contributed by atoms with E-state index in [2.05, 4.69) is 41.4 Å². The summed E-state index contributed by atoms with van der Waals surface area (Å²) in [6.45, 7) is 6.34. The predicted octanol–water partition coefficient (Wildman–Crippen LogP) is 7.03. The average molecular weight is 477 g/mol. The lowest BCUT2D eigenvalue weighted by Gasteiger charge is -2.21. The van der Waals surface area contributed by atoms with Crippen LogP contribution in [0.5, 0.6) is 17.4 Å². The summed E-state index contributed by atoms with van der Waals surface area (Å²) < 4.78 is 11.4. The molecule has 0 fully saturated rings. The van der Waals surface area contributed by atoms with Gasteiger partial charge in [0, 0.05) is 23.0 Å². The summed E-state index contributed by atoms with van der Waals surface area (Å²) in [5, 5.41) is 7.56. The smallest absolute Gasteiger partial charge is 0.323 e. The van der Waals surface area contributed by atoms with Crippen molar-refractivity contribution < 1.29 is 14.3 Å². The van der Waals surface area contributed by atoms with Gasteiger partial charge in [-0.2, -0.15) is 4.98 Å². The molecule has 0 radical (unpaired) electrons. The normalized spacial score (nSPS) is 11.2. The van der Waals surface area contributed by atoms with Crippen LogP contribution in [0.1, 0.15) is 26.3 Å². The number of aromatic nitrogens is 2. The van der Waals surface area contributed by atoms with Gasteiger partial charge < -0.3 is 20.1 Å². The van der Waals surface area contributed by atoms with Crippen molar-refractivity contribution in [2.75, 3.05) is 17.7 Å². The van der Waals surface area contributed by atoms with E-state index < -0.39 is 0 Å². The van der Waals surface area contributed by atoms with Crippen LogP contribution in [0.4, 0.5) is 16.2 Å². The fourth-order valence-corrected chi connectivity index (χ4v) is 3.65. The fourth-order valence-electron chi connectivity index (χ4n) is 3.51. The molecule has 2 amide bonds. The van der Waals surface area contributed by atoms with Crippen LogP contribution in [-0.2, 0) is 5.41 Å². The minimum atomic E-state index is -0.384. The number of methoxy groups -OCH3 is 1. The van der Waals surface area contributed by atoms with E-state index >= 15 is 0 Å². The van der Waals surface area contributed by atoms with E-state index in [4.69, 9.17) is 21.1 Å². The lowest BCUT2D eigenvalue weighted by molar-refractivity contribution is 0.262. The highest BCUT2D eigenvalue weighted by Crippen LogP contribution is 2.35. The van der Waals surface area contributed by atoms with E-state index in [0.29, 0.717) is 28.8 Å². The Morgan fingerprint density at radius 1 is 0.912 bits per heavy atom. The summed E-state index contributed by atoms with van der Waals surface area (Å²) in [6, 6.07) is 18.2. The molecule has 0 aliphatic rings. The van der Waals surface area contributed by atoms with E-state index in [9.17, 15) is 4.79 Å². The topological polar surface area (TPSA) is 85.4 Å². The molecular formula is C26H25ClN4O3. The minimum absolute atomic E-state index is 0.0703. The largest absolute Gasteiger partial charge is 0.495 e. The summed E-state index contributed by atoms with van der Waals surface area (Å²) in [7, 11) is 1.58. The quantitative estimate of drug-likeness (QED) is 0.302. The first kappa shape index (κ1) is 23.3. The molecule has 4 rings (SSSR count). The van der Waals surface area contributed by atoms with Gasteiger partial charge in [0.15, 0.2) is 0 Å². The second kappa shape index (κ2) is 9.57. The number of carbonyl (C=O) groups is 1. The Balaban J connectivity index is 1.60. The van der Waals surface area contributed by atoms with Crippen LogP contribution >= 0.6 is 11.6 Å². The maximum absolute atomic E-state index is 12.9. The van der Waals surface area contributed by atoms with Crippen LogP contribution in [0.3, 0.4) is 0 Å². The molecule has 34 heavy (non-hydrogen) atoms. The lowest BCUT2D eigenvalue weighted by Crippen LogP contribution is -2.21. The van der Waals surface area contributed by atoms with Crippen molar-refractivity contribution in [2.24, 2.45) is 0 Å². The second-order valence-electron chi connectivity index (χ2n) is 8.67. The third-order valence-corrected chi connectivity index (χ3v) is 5.44. The Morgan fingerprint density at radius 3 is 2.32 bits per heavy atom. The molecule has 0 spiro atoms. The zero-order chi connectivity index (χ0) is 24.3. The highest BCUT2D eigenvalue weighted by molar-refractivity contribution is 6.28. The van der Waals surface area contributed by atoms with Crippen molar-refractivity contribution in [3.63, 3.8) is 0 Å². The zero-order valence-corrected chi connectivity index (χ0v) is 20.1. The van der Waals surface area contributed by atoms with Gasteiger partial charge in [-0.1, -0.05) is 51.1 Å². The molecule has 4 aromatic rings. The van der Waals surface area contributed by atoms with Crippen LogP contribution in [0, 0.1) is 0 Å². The zero-order valence-electron chi connectivity index (χ0n) is 19.3. The van der Waals surface area contributed by atoms with Gasteiger partial charge >= 0.3 is 6.03 Å². The fraction of sp³-hybridized carbons (Fsp3) is 0.192. The Kier molecular flexibility index (Phi) is 6.56. The Labute approximate surface area is 203 Å². The number of nitrogens with one attached hydrogen (secondary N) is 2. The number of hydrogen-bond donors (Lipinski definition) is 2. The van der Waals surface area contributed by atoms with Crippen molar-refractivity contribution in [1.29, 1.82) is 0 Å². The van der Waals surface area contributed by atoms with Gasteiger partial charge in [-0.05, 0) is 46.8 Å². The predicted molar refractivity (Wildman–Crippen MR) is 135 cm³/mol. The van der Waals surface area contributed by atoms with Gasteiger partial charge in [-0.15, -0.1) is 0 Å². The van der Waals surface area contributed by atoms with E-state index in [1.165, 1.54) is 6.20 Å². The first-order valence-corrected chi connectivity index (χ1v) is 11.1. The summed E-state index contributed by atoms with van der Waals surface area (Å²) in [5.74, 6) is 1.49. The highest BCUT2D eigenvalue weighted by Gasteiger charge is 2.18. The Morgan fingerprint density at radius 2 is 1.62 bits per heavy atom. The number of fused-ring (bicyclic) bond motifs is 1. The summed E-state index contributed by atoms with van der Waals surface area (Å²) in [5.41, 5.74) is 2.24. The molecule has 7 nitrogen and oxygen atoms in total. The molecular weight excluding hydrogens is 452 g/mol. The monoisotopic (exact) mass is 476 g/mol. The number of benzene rings is 3. The second-order valence-corrected chi connectivity index (χ2v) is 9.01. The van der Waals surface area contributed by atoms with Gasteiger partial charge in [0.05, 0.1) is 18.5 Å². The Bertz CT molecular complexity index is 1350. The number of ether oxygens (including phenoxy) is 2. The van der Waals surface area contributed by atoms with Crippen LogP contribution in [0.2, 0.25) is 5.28 Å². The molecule has 3 aromatic carbocycles. The van der Waals surface area contributed by atoms with Crippen molar-refractivity contribution in [2.45, 2.75) is 26.2 Å². The van der Waals surface area contributed by atoms with E-state index in [-0.39, 0.29) is 16.7 Å². The van der Waals surface area contributed by atoms with E-state index in [1.807, 2.05) is 42.5 Å². The number of halogens is 1. The third kappa shape index (κ3) is 5.21. The minimum Gasteiger partial charge on any atom is -0.495 e. The van der Waals surface area contributed by atoms with Gasteiger partial charge in [0.2, 0.25) is 11.2 Å². The van der Waals surface area contributed by atoms with Gasteiger partial charge in [-0.25, -0.2) is 9.78 Å². The molecule has 0 unspecified atom stereocenters. The number of urea groups is 1. The van der Waals surface area contributed by atoms with Crippen LogP contribution in [0.15, 0.2) is 66.9 Å². The molecule has 1 heterocycles. The number of amides is 2. The standard InChI is InChI=1S/C26H25ClN4O3/c1-26(2,3)16-9-11-22(33-4)20(15-16)30-25(32)29-19-10-12-21(18-8-6-5-7-17(18)19)34-23-13-14-28-24(27)31-23/h5-15H,1-4H3,(H2,29,30,32). The van der Waals surface area contributed by atoms with Gasteiger partial charge in [0.1, 0.15) is 11.5 Å². The van der Waals surface area contributed by atoms with Crippen molar-refractivity contribution in [1.82, 2.24) is 9.97 Å². The summed E-state index contributed by atoms with van der Waals surface area (Å²) >= 11 is 5.87. The van der Waals surface area contributed by atoms with Crippen molar-refractivity contribution in [3.05, 3.63) is 77.7 Å². The highest BCUT2D eigenvalue weighted by atomic mass is 35.5. The van der Waals surface area contributed by atoms with Crippen LogP contribution in [-0.4, -0.2) is 23.1 Å². The van der Waals surface area contributed by atoms with Gasteiger partial charge in [0.25, 0.3) is 0 Å². The maximum atomic E-state index is 12.9. The molecule has 0 bridgehead atoms. The Hall–Kier alpha value is -3.84. The number of carbonyl (C=O) groups excluding carboxylic acids is 1. The molecule has 1 aromatic heterocycles. The molecule has 174 valence electrons. The molecule has 0 saturated heterocycles. The number of rotatable bonds is 5. The molecule has 0 aliphatic heterocycles. The number of nitrogens with zero attached hydrogens (tertiary/aromatic N) is 2. The van der Waals surface area contributed by atoms with Crippen molar-refractivity contribution in [3.8, 4) is 17.4 Å². The summed E-state index contributed by atoms with van der Waals surface area (Å²) in [4.78, 5) is 20.9. The first-order chi connectivity index (χ1) is 16.2. The maximum Gasteiger partial charge on any atom is 0.323 e. The summed E-state index contributed by atoms with van der Waals surface area (Å²) in [6.07, 6.45) is 1.52. The lowest BCUT2D eigenvalue weighted by atomic mass is 9.87. The van der Waals surface area contributed by atoms with Gasteiger partial charge in [-0.3, -0.25) is 0 Å². The molecule has 0 atom stereocenters. The SMILES string of the molecule is COc1ccc(C(C)(C)C)cc1NC(=O)Nc1ccc(Oc2ccnc(Cl)n2)c2ccccc12. The van der Waals surface area contributed by atoms with E-state index in [0.717, 1.165) is 16.3 Å². The molecule has 0 saturated carbocycles. The first-order valence-electron chi connectivity index (χ1n) is 10.7. The van der Waals surface area contributed by atoms with E-state index in [1.54, 1.807) is 25.3 Å². The van der Waals surface area contributed by atoms with Crippen molar-refractivity contribution >= 4 is 39.8 Å². The average Bonchev–Trinajstić information content (AvgIpc) is 2.80. The third-order valence-electron chi connectivity index (χ3n) is 5.26. The number of hydrogen-bond acceptors (Lipinski definition) is 5.